The molecule has 19 heavy (non-hydrogen) atoms. The minimum atomic E-state index is -0.332. The fraction of sp³-hybridized carbons (Fsp3) is 0.400. The summed E-state index contributed by atoms with van der Waals surface area (Å²) >= 11 is 0. The average Bonchev–Trinajstić information content (AvgIpc) is 3.00. The number of carbonyl (C=O) groups is 1. The lowest BCUT2D eigenvalue weighted by atomic mass is 10.0. The number of ether oxygens (including phenoxy) is 1. The highest BCUT2D eigenvalue weighted by Gasteiger charge is 2.38. The second kappa shape index (κ2) is 5.05. The highest BCUT2D eigenvalue weighted by atomic mass is 16.6. The lowest BCUT2D eigenvalue weighted by Crippen LogP contribution is -2.31. The maximum absolute atomic E-state index is 12.0. The summed E-state index contributed by atoms with van der Waals surface area (Å²) in [7, 11) is 0. The highest BCUT2D eigenvalue weighted by Crippen LogP contribution is 2.33. The molecule has 2 atom stereocenters. The number of hydrogen-bond donors (Lipinski definition) is 1. The summed E-state index contributed by atoms with van der Waals surface area (Å²) in [5, 5.41) is 9.78. The number of hydrogen-bond acceptors (Lipinski definition) is 3. The molecule has 2 aliphatic rings. The van der Waals surface area contributed by atoms with Crippen molar-refractivity contribution in [2.45, 2.75) is 19.1 Å². The molecular formula is C15H17NO3. The minimum Gasteiger partial charge on any atom is -0.445 e. The van der Waals surface area contributed by atoms with Crippen molar-refractivity contribution in [2.75, 3.05) is 13.1 Å². The number of benzene rings is 1. The molecule has 1 aromatic carbocycles. The van der Waals surface area contributed by atoms with Crippen molar-refractivity contribution >= 4 is 6.09 Å². The largest absolute Gasteiger partial charge is 0.445 e. The molecule has 4 nitrogen and oxygen atoms in total. The van der Waals surface area contributed by atoms with E-state index >= 15 is 0 Å². The maximum Gasteiger partial charge on any atom is 0.410 e. The average molecular weight is 259 g/mol. The SMILES string of the molecule is O=C(OCc1ccccc1)N1CC2=CCC(O)C2C1. The Kier molecular flexibility index (Phi) is 3.25. The molecule has 1 saturated heterocycles. The molecule has 0 spiro atoms. The molecule has 1 N–H and O–H groups in total. The van der Waals surface area contributed by atoms with E-state index in [1.54, 1.807) is 4.90 Å². The third-order valence-electron chi connectivity index (χ3n) is 3.82. The quantitative estimate of drug-likeness (QED) is 0.826. The number of rotatable bonds is 2. The monoisotopic (exact) mass is 259 g/mol. The van der Waals surface area contributed by atoms with Crippen molar-refractivity contribution in [1.29, 1.82) is 0 Å². The van der Waals surface area contributed by atoms with E-state index in [4.69, 9.17) is 4.74 Å². The molecule has 1 amide bonds. The van der Waals surface area contributed by atoms with Gasteiger partial charge in [0.15, 0.2) is 0 Å². The number of fused-ring (bicyclic) bond motifs is 1. The van der Waals surface area contributed by atoms with E-state index in [-0.39, 0.29) is 18.1 Å². The first-order valence-electron chi connectivity index (χ1n) is 6.56. The lowest BCUT2D eigenvalue weighted by molar-refractivity contribution is 0.0935. The molecule has 0 saturated carbocycles. The van der Waals surface area contributed by atoms with Crippen molar-refractivity contribution in [1.82, 2.24) is 4.90 Å². The normalized spacial score (nSPS) is 25.1. The van der Waals surface area contributed by atoms with E-state index in [1.807, 2.05) is 36.4 Å². The van der Waals surface area contributed by atoms with Crippen molar-refractivity contribution in [3.63, 3.8) is 0 Å². The van der Waals surface area contributed by atoms with Crippen LogP contribution < -0.4 is 0 Å². The Bertz CT molecular complexity index is 497. The van der Waals surface area contributed by atoms with Gasteiger partial charge in [-0.05, 0) is 17.6 Å². The van der Waals surface area contributed by atoms with Gasteiger partial charge in [0.25, 0.3) is 0 Å². The number of likely N-dealkylation sites (tertiary alicyclic amines) is 1. The van der Waals surface area contributed by atoms with Crippen LogP contribution in [-0.2, 0) is 11.3 Å². The Morgan fingerprint density at radius 2 is 2.16 bits per heavy atom. The van der Waals surface area contributed by atoms with Gasteiger partial charge in [0.1, 0.15) is 6.61 Å². The highest BCUT2D eigenvalue weighted by molar-refractivity contribution is 5.69. The van der Waals surface area contributed by atoms with Gasteiger partial charge < -0.3 is 14.7 Å². The Hall–Kier alpha value is -1.81. The summed E-state index contributed by atoms with van der Waals surface area (Å²) in [6.45, 7) is 1.46. The number of aliphatic hydroxyl groups excluding tert-OH is 1. The fourth-order valence-corrected chi connectivity index (χ4v) is 2.73. The number of carbonyl (C=O) groups excluding carboxylic acids is 1. The molecule has 2 unspecified atom stereocenters. The van der Waals surface area contributed by atoms with Crippen molar-refractivity contribution in [2.24, 2.45) is 5.92 Å². The Morgan fingerprint density at radius 1 is 1.37 bits per heavy atom. The molecule has 1 heterocycles. The topological polar surface area (TPSA) is 49.8 Å². The van der Waals surface area contributed by atoms with Gasteiger partial charge in [0.05, 0.1) is 6.10 Å². The van der Waals surface area contributed by atoms with Crippen molar-refractivity contribution in [3.05, 3.63) is 47.5 Å². The second-order valence-corrected chi connectivity index (χ2v) is 5.11. The zero-order valence-electron chi connectivity index (χ0n) is 10.7. The maximum atomic E-state index is 12.0. The summed E-state index contributed by atoms with van der Waals surface area (Å²) in [6, 6.07) is 9.63. The van der Waals surface area contributed by atoms with Crippen LogP contribution in [0.3, 0.4) is 0 Å². The van der Waals surface area contributed by atoms with Crippen LogP contribution >= 0.6 is 0 Å². The van der Waals surface area contributed by atoms with Gasteiger partial charge in [-0.2, -0.15) is 0 Å². The van der Waals surface area contributed by atoms with Crippen LogP contribution in [0.15, 0.2) is 42.0 Å². The number of amides is 1. The predicted molar refractivity (Wildman–Crippen MR) is 70.4 cm³/mol. The number of nitrogens with zero attached hydrogens (tertiary/aromatic N) is 1. The molecule has 0 bridgehead atoms. The van der Waals surface area contributed by atoms with E-state index in [1.165, 1.54) is 5.57 Å². The first-order chi connectivity index (χ1) is 9.24. The van der Waals surface area contributed by atoms with E-state index in [0.717, 1.165) is 5.56 Å². The first-order valence-corrected chi connectivity index (χ1v) is 6.56. The molecule has 4 heteroatoms. The van der Waals surface area contributed by atoms with Crippen LogP contribution in [0.5, 0.6) is 0 Å². The predicted octanol–water partition coefficient (Wildman–Crippen LogP) is 1.95. The van der Waals surface area contributed by atoms with Crippen LogP contribution in [-0.4, -0.2) is 35.3 Å². The Labute approximate surface area is 112 Å². The minimum absolute atomic E-state index is 0.115. The molecule has 0 radical (unpaired) electrons. The van der Waals surface area contributed by atoms with Crippen LogP contribution in [0.1, 0.15) is 12.0 Å². The van der Waals surface area contributed by atoms with E-state index in [9.17, 15) is 9.90 Å². The van der Waals surface area contributed by atoms with Gasteiger partial charge in [-0.25, -0.2) is 4.79 Å². The summed E-state index contributed by atoms with van der Waals surface area (Å²) in [4.78, 5) is 13.6. The zero-order chi connectivity index (χ0) is 13.2. The van der Waals surface area contributed by atoms with Crippen LogP contribution in [0, 0.1) is 5.92 Å². The third kappa shape index (κ3) is 2.49. The molecule has 3 rings (SSSR count). The van der Waals surface area contributed by atoms with Gasteiger partial charge in [-0.3, -0.25) is 0 Å². The first kappa shape index (κ1) is 12.2. The van der Waals surface area contributed by atoms with Gasteiger partial charge in [0.2, 0.25) is 0 Å². The van der Waals surface area contributed by atoms with Crippen LogP contribution in [0.2, 0.25) is 0 Å². The Morgan fingerprint density at radius 3 is 2.89 bits per heavy atom. The van der Waals surface area contributed by atoms with Crippen molar-refractivity contribution in [3.8, 4) is 0 Å². The zero-order valence-corrected chi connectivity index (χ0v) is 10.7. The van der Waals surface area contributed by atoms with Gasteiger partial charge >= 0.3 is 6.09 Å². The van der Waals surface area contributed by atoms with Gasteiger partial charge in [-0.1, -0.05) is 36.4 Å². The third-order valence-corrected chi connectivity index (χ3v) is 3.82. The van der Waals surface area contributed by atoms with E-state index in [2.05, 4.69) is 0 Å². The molecule has 1 aromatic rings. The van der Waals surface area contributed by atoms with Crippen LogP contribution in [0.4, 0.5) is 4.79 Å². The van der Waals surface area contributed by atoms with E-state index in [0.29, 0.717) is 26.1 Å². The van der Waals surface area contributed by atoms with Gasteiger partial charge in [0, 0.05) is 19.0 Å². The second-order valence-electron chi connectivity index (χ2n) is 5.11. The smallest absolute Gasteiger partial charge is 0.410 e. The Balaban J connectivity index is 1.55. The molecule has 1 aliphatic carbocycles. The summed E-state index contributed by atoms with van der Waals surface area (Å²) in [6.07, 6.45) is 2.13. The number of aliphatic hydroxyl groups is 1. The fourth-order valence-electron chi connectivity index (χ4n) is 2.73. The van der Waals surface area contributed by atoms with E-state index < -0.39 is 0 Å². The summed E-state index contributed by atoms with van der Waals surface area (Å²) < 4.78 is 5.29. The summed E-state index contributed by atoms with van der Waals surface area (Å²) in [5.74, 6) is 0.115. The summed E-state index contributed by atoms with van der Waals surface area (Å²) in [5.41, 5.74) is 2.15. The molecule has 1 aliphatic heterocycles. The molecule has 100 valence electrons. The standard InChI is InChI=1S/C15H17NO3/c17-14-7-6-12-8-16(9-13(12)14)15(18)19-10-11-4-2-1-3-5-11/h1-6,13-14,17H,7-10H2. The van der Waals surface area contributed by atoms with Crippen molar-refractivity contribution < 1.29 is 14.6 Å². The molecule has 1 fully saturated rings. The lowest BCUT2D eigenvalue weighted by Gasteiger charge is -2.17. The molecular weight excluding hydrogens is 242 g/mol. The van der Waals surface area contributed by atoms with Gasteiger partial charge in [-0.15, -0.1) is 0 Å². The molecule has 0 aromatic heterocycles. The van der Waals surface area contributed by atoms with Crippen LogP contribution in [0.25, 0.3) is 0 Å².